The Balaban J connectivity index is 2.16. The van der Waals surface area contributed by atoms with E-state index in [2.05, 4.69) is 5.32 Å². The van der Waals surface area contributed by atoms with Crippen LogP contribution < -0.4 is 10.2 Å². The van der Waals surface area contributed by atoms with Crippen LogP contribution in [0.1, 0.15) is 33.1 Å². The first-order chi connectivity index (χ1) is 9.08. The van der Waals surface area contributed by atoms with Crippen LogP contribution in [0.2, 0.25) is 0 Å². The van der Waals surface area contributed by atoms with Crippen molar-refractivity contribution in [3.8, 4) is 0 Å². The highest BCUT2D eigenvalue weighted by molar-refractivity contribution is 6.02. The summed E-state index contributed by atoms with van der Waals surface area (Å²) in [6, 6.07) is 7.49. The number of benzene rings is 1. The molecule has 0 aliphatic carbocycles. The minimum absolute atomic E-state index is 0.00547. The summed E-state index contributed by atoms with van der Waals surface area (Å²) in [6.07, 6.45) is 1.96. The van der Waals surface area contributed by atoms with Gasteiger partial charge in [0.2, 0.25) is 11.8 Å². The van der Waals surface area contributed by atoms with Crippen molar-refractivity contribution in [3.05, 3.63) is 24.3 Å². The predicted molar refractivity (Wildman–Crippen MR) is 76.1 cm³/mol. The number of anilines is 2. The van der Waals surface area contributed by atoms with E-state index in [1.54, 1.807) is 4.90 Å². The molecule has 1 aliphatic rings. The molecule has 19 heavy (non-hydrogen) atoms. The molecule has 0 unspecified atom stereocenters. The lowest BCUT2D eigenvalue weighted by molar-refractivity contribution is -0.118. The minimum atomic E-state index is -0.00547. The second-order valence-electron chi connectivity index (χ2n) is 5.31. The largest absolute Gasteiger partial charge is 0.324 e. The van der Waals surface area contributed by atoms with Gasteiger partial charge in [-0.05, 0) is 24.5 Å². The third-order valence-electron chi connectivity index (χ3n) is 3.14. The summed E-state index contributed by atoms with van der Waals surface area (Å²) in [7, 11) is 0. The number of rotatable bonds is 4. The Morgan fingerprint density at radius 2 is 2.11 bits per heavy atom. The molecule has 1 aliphatic heterocycles. The van der Waals surface area contributed by atoms with Crippen LogP contribution in [0.4, 0.5) is 11.4 Å². The van der Waals surface area contributed by atoms with E-state index < -0.39 is 0 Å². The second kappa shape index (κ2) is 5.87. The van der Waals surface area contributed by atoms with E-state index in [0.29, 0.717) is 18.8 Å². The molecule has 1 saturated heterocycles. The number of nitrogens with zero attached hydrogens (tertiary/aromatic N) is 1. The van der Waals surface area contributed by atoms with E-state index in [0.717, 1.165) is 24.3 Å². The molecule has 0 aromatic heterocycles. The van der Waals surface area contributed by atoms with Gasteiger partial charge in [-0.25, -0.2) is 0 Å². The van der Waals surface area contributed by atoms with E-state index in [-0.39, 0.29) is 11.8 Å². The molecule has 0 spiro atoms. The van der Waals surface area contributed by atoms with Gasteiger partial charge in [-0.3, -0.25) is 9.59 Å². The van der Waals surface area contributed by atoms with E-state index in [1.807, 2.05) is 38.1 Å². The third-order valence-corrected chi connectivity index (χ3v) is 3.14. The van der Waals surface area contributed by atoms with E-state index in [9.17, 15) is 9.59 Å². The maximum Gasteiger partial charge on any atom is 0.227 e. The van der Waals surface area contributed by atoms with Crippen LogP contribution in [0.15, 0.2) is 24.3 Å². The highest BCUT2D eigenvalue weighted by atomic mass is 16.2. The van der Waals surface area contributed by atoms with Crippen LogP contribution in [0.5, 0.6) is 0 Å². The van der Waals surface area contributed by atoms with Crippen LogP contribution in [0.25, 0.3) is 0 Å². The molecule has 0 bridgehead atoms. The van der Waals surface area contributed by atoms with Crippen molar-refractivity contribution >= 4 is 23.2 Å². The molecule has 2 amide bonds. The van der Waals surface area contributed by atoms with Crippen LogP contribution in [-0.4, -0.2) is 18.4 Å². The molecular formula is C15H20N2O2. The smallest absolute Gasteiger partial charge is 0.227 e. The molecule has 1 heterocycles. The molecule has 0 saturated carbocycles. The number of carbonyl (C=O) groups is 2. The van der Waals surface area contributed by atoms with Gasteiger partial charge >= 0.3 is 0 Å². The van der Waals surface area contributed by atoms with Gasteiger partial charge in [0.1, 0.15) is 0 Å². The summed E-state index contributed by atoms with van der Waals surface area (Å²) in [5.41, 5.74) is 1.53. The summed E-state index contributed by atoms with van der Waals surface area (Å²) in [6.45, 7) is 4.75. The lowest BCUT2D eigenvalue weighted by Gasteiger charge is -2.20. The fourth-order valence-electron chi connectivity index (χ4n) is 2.29. The first kappa shape index (κ1) is 13.6. The maximum atomic E-state index is 11.9. The van der Waals surface area contributed by atoms with Gasteiger partial charge < -0.3 is 10.2 Å². The molecule has 1 aromatic carbocycles. The van der Waals surface area contributed by atoms with Gasteiger partial charge in [0.05, 0.1) is 11.4 Å². The van der Waals surface area contributed by atoms with Gasteiger partial charge in [0.25, 0.3) is 0 Å². The molecule has 1 aromatic rings. The molecule has 4 heteroatoms. The van der Waals surface area contributed by atoms with Crippen LogP contribution in [0, 0.1) is 5.92 Å². The molecule has 1 N–H and O–H groups in total. The van der Waals surface area contributed by atoms with Crippen molar-refractivity contribution in [1.82, 2.24) is 0 Å². The fourth-order valence-corrected chi connectivity index (χ4v) is 2.29. The van der Waals surface area contributed by atoms with Gasteiger partial charge in [0.15, 0.2) is 0 Å². The van der Waals surface area contributed by atoms with Crippen molar-refractivity contribution in [2.45, 2.75) is 33.1 Å². The molecule has 4 nitrogen and oxygen atoms in total. The SMILES string of the molecule is CC(C)CC(=O)Nc1ccccc1N1CCCC1=O. The summed E-state index contributed by atoms with van der Waals surface area (Å²) in [5, 5.41) is 2.91. The molecular weight excluding hydrogens is 240 g/mol. The lowest BCUT2D eigenvalue weighted by Crippen LogP contribution is -2.25. The zero-order chi connectivity index (χ0) is 13.8. The minimum Gasteiger partial charge on any atom is -0.324 e. The maximum absolute atomic E-state index is 11.9. The predicted octanol–water partition coefficient (Wildman–Crippen LogP) is 2.80. The number of para-hydroxylation sites is 2. The normalized spacial score (nSPS) is 15.1. The van der Waals surface area contributed by atoms with Gasteiger partial charge in [0, 0.05) is 19.4 Å². The molecule has 0 atom stereocenters. The summed E-state index contributed by atoms with van der Waals surface area (Å²) < 4.78 is 0. The molecule has 1 fully saturated rings. The Kier molecular flexibility index (Phi) is 4.20. The standard InChI is InChI=1S/C15H20N2O2/c1-11(2)10-14(18)16-12-6-3-4-7-13(12)17-9-5-8-15(17)19/h3-4,6-7,11H,5,8-10H2,1-2H3,(H,16,18). The number of hydrogen-bond donors (Lipinski definition) is 1. The van der Waals surface area contributed by atoms with Crippen LogP contribution >= 0.6 is 0 Å². The summed E-state index contributed by atoms with van der Waals surface area (Å²) >= 11 is 0. The van der Waals surface area contributed by atoms with E-state index in [1.165, 1.54) is 0 Å². The van der Waals surface area contributed by atoms with Gasteiger partial charge in [-0.1, -0.05) is 26.0 Å². The number of amides is 2. The Hall–Kier alpha value is -1.84. The van der Waals surface area contributed by atoms with Crippen molar-refractivity contribution in [2.24, 2.45) is 5.92 Å². The highest BCUT2D eigenvalue weighted by Crippen LogP contribution is 2.29. The van der Waals surface area contributed by atoms with Crippen molar-refractivity contribution < 1.29 is 9.59 Å². The average Bonchev–Trinajstić information content (AvgIpc) is 2.75. The Bertz CT molecular complexity index is 483. The van der Waals surface area contributed by atoms with E-state index in [4.69, 9.17) is 0 Å². The Labute approximate surface area is 113 Å². The van der Waals surface area contributed by atoms with Gasteiger partial charge in [-0.2, -0.15) is 0 Å². The Morgan fingerprint density at radius 3 is 2.74 bits per heavy atom. The monoisotopic (exact) mass is 260 g/mol. The summed E-state index contributed by atoms with van der Waals surface area (Å²) in [4.78, 5) is 25.4. The third kappa shape index (κ3) is 3.34. The fraction of sp³-hybridized carbons (Fsp3) is 0.467. The lowest BCUT2D eigenvalue weighted by atomic mass is 10.1. The number of hydrogen-bond acceptors (Lipinski definition) is 2. The van der Waals surface area contributed by atoms with Crippen LogP contribution in [0.3, 0.4) is 0 Å². The average molecular weight is 260 g/mol. The topological polar surface area (TPSA) is 49.4 Å². The number of nitrogens with one attached hydrogen (secondary N) is 1. The van der Waals surface area contributed by atoms with Crippen molar-refractivity contribution in [2.75, 3.05) is 16.8 Å². The first-order valence-electron chi connectivity index (χ1n) is 6.77. The first-order valence-corrected chi connectivity index (χ1v) is 6.77. The van der Waals surface area contributed by atoms with E-state index >= 15 is 0 Å². The van der Waals surface area contributed by atoms with Gasteiger partial charge in [-0.15, -0.1) is 0 Å². The highest BCUT2D eigenvalue weighted by Gasteiger charge is 2.24. The second-order valence-corrected chi connectivity index (χ2v) is 5.31. The number of carbonyl (C=O) groups excluding carboxylic acids is 2. The molecule has 2 rings (SSSR count). The Morgan fingerprint density at radius 1 is 1.37 bits per heavy atom. The molecule has 102 valence electrons. The zero-order valence-corrected chi connectivity index (χ0v) is 11.5. The quantitative estimate of drug-likeness (QED) is 0.905. The van der Waals surface area contributed by atoms with Crippen molar-refractivity contribution in [3.63, 3.8) is 0 Å². The molecule has 0 radical (unpaired) electrons. The summed E-state index contributed by atoms with van der Waals surface area (Å²) in [5.74, 6) is 0.445. The van der Waals surface area contributed by atoms with Crippen LogP contribution in [-0.2, 0) is 9.59 Å². The zero-order valence-electron chi connectivity index (χ0n) is 11.5. The van der Waals surface area contributed by atoms with Crippen molar-refractivity contribution in [1.29, 1.82) is 0 Å².